The summed E-state index contributed by atoms with van der Waals surface area (Å²) in [6.07, 6.45) is 2.62. The van der Waals surface area contributed by atoms with Crippen LogP contribution in [0.4, 0.5) is 17.2 Å². The second kappa shape index (κ2) is 5.19. The lowest BCUT2D eigenvalue weighted by Crippen LogP contribution is -2.02. The number of nitriles is 1. The van der Waals surface area contributed by atoms with Gasteiger partial charge in [0, 0.05) is 18.1 Å². The molecule has 0 aliphatic heterocycles. The molecule has 20 heavy (non-hydrogen) atoms. The van der Waals surface area contributed by atoms with Crippen LogP contribution < -0.4 is 11.1 Å². The zero-order valence-electron chi connectivity index (χ0n) is 10.7. The molecule has 3 N–H and O–H groups in total. The van der Waals surface area contributed by atoms with E-state index in [-0.39, 0.29) is 10.6 Å². The van der Waals surface area contributed by atoms with Gasteiger partial charge in [-0.1, -0.05) is 0 Å². The first kappa shape index (κ1) is 13.8. The van der Waals surface area contributed by atoms with E-state index in [9.17, 15) is 8.42 Å². The molecule has 2 aromatic rings. The molecule has 102 valence electrons. The van der Waals surface area contributed by atoms with Crippen LogP contribution in [-0.4, -0.2) is 19.7 Å². The van der Waals surface area contributed by atoms with Crippen molar-refractivity contribution in [3.8, 4) is 6.07 Å². The highest BCUT2D eigenvalue weighted by atomic mass is 32.2. The van der Waals surface area contributed by atoms with Gasteiger partial charge in [-0.05, 0) is 30.3 Å². The van der Waals surface area contributed by atoms with E-state index in [1.54, 1.807) is 12.1 Å². The monoisotopic (exact) mass is 288 g/mol. The van der Waals surface area contributed by atoms with Crippen molar-refractivity contribution in [2.45, 2.75) is 4.90 Å². The van der Waals surface area contributed by atoms with E-state index in [4.69, 9.17) is 11.0 Å². The number of benzene rings is 1. The van der Waals surface area contributed by atoms with Crippen molar-refractivity contribution in [1.82, 2.24) is 4.98 Å². The standard InChI is InChI=1S/C13H12N4O2S/c1-20(18,19)11-4-2-10(3-5-11)17-13-12(15)9(8-14)6-7-16-13/h2-7H,15H2,1H3,(H,16,17). The number of pyridine rings is 1. The number of sulfone groups is 1. The average Bonchev–Trinajstić information content (AvgIpc) is 2.41. The lowest BCUT2D eigenvalue weighted by Gasteiger charge is -2.09. The van der Waals surface area contributed by atoms with Gasteiger partial charge >= 0.3 is 0 Å². The third-order valence-electron chi connectivity index (χ3n) is 2.66. The molecule has 1 heterocycles. The normalized spacial score (nSPS) is 10.8. The zero-order chi connectivity index (χ0) is 14.8. The molecule has 0 bridgehead atoms. The highest BCUT2D eigenvalue weighted by Crippen LogP contribution is 2.24. The molecule has 0 unspecified atom stereocenters. The molecule has 0 aliphatic rings. The fraction of sp³-hybridized carbons (Fsp3) is 0.0769. The molecule has 6 nitrogen and oxygen atoms in total. The molecule has 0 aliphatic carbocycles. The molecule has 0 spiro atoms. The molecule has 0 fully saturated rings. The molecule has 0 saturated carbocycles. The maximum absolute atomic E-state index is 11.4. The predicted molar refractivity (Wildman–Crippen MR) is 76.2 cm³/mol. The fourth-order valence-corrected chi connectivity index (χ4v) is 2.22. The van der Waals surface area contributed by atoms with Crippen LogP contribution in [0.1, 0.15) is 5.56 Å². The largest absolute Gasteiger partial charge is 0.395 e. The third kappa shape index (κ3) is 2.87. The van der Waals surface area contributed by atoms with E-state index in [1.165, 1.54) is 24.4 Å². The minimum Gasteiger partial charge on any atom is -0.395 e. The lowest BCUT2D eigenvalue weighted by molar-refractivity contribution is 0.602. The van der Waals surface area contributed by atoms with Gasteiger partial charge in [-0.3, -0.25) is 0 Å². The molecular weight excluding hydrogens is 276 g/mol. The van der Waals surface area contributed by atoms with E-state index < -0.39 is 9.84 Å². The summed E-state index contributed by atoms with van der Waals surface area (Å²) < 4.78 is 22.7. The second-order valence-corrected chi connectivity index (χ2v) is 6.17. The Labute approximate surface area is 116 Å². The van der Waals surface area contributed by atoms with E-state index >= 15 is 0 Å². The number of nitrogens with one attached hydrogen (secondary N) is 1. The summed E-state index contributed by atoms with van der Waals surface area (Å²) >= 11 is 0. The first-order valence-electron chi connectivity index (χ1n) is 5.63. The molecule has 0 amide bonds. The van der Waals surface area contributed by atoms with E-state index in [0.717, 1.165) is 6.26 Å². The first-order valence-corrected chi connectivity index (χ1v) is 7.52. The second-order valence-electron chi connectivity index (χ2n) is 4.15. The highest BCUT2D eigenvalue weighted by Gasteiger charge is 2.08. The SMILES string of the molecule is CS(=O)(=O)c1ccc(Nc2nccc(C#N)c2N)cc1. The number of nitrogen functional groups attached to an aromatic ring is 1. The Kier molecular flexibility index (Phi) is 3.59. The van der Waals surface area contributed by atoms with Gasteiger partial charge in [-0.2, -0.15) is 5.26 Å². The molecule has 7 heteroatoms. The van der Waals surface area contributed by atoms with Crippen LogP contribution in [0.2, 0.25) is 0 Å². The van der Waals surface area contributed by atoms with Crippen LogP contribution in [0.15, 0.2) is 41.4 Å². The van der Waals surface area contributed by atoms with Crippen molar-refractivity contribution in [3.63, 3.8) is 0 Å². The van der Waals surface area contributed by atoms with Crippen LogP contribution in [0, 0.1) is 11.3 Å². The molecule has 0 radical (unpaired) electrons. The Morgan fingerprint density at radius 1 is 1.25 bits per heavy atom. The van der Waals surface area contributed by atoms with Gasteiger partial charge in [0.15, 0.2) is 15.7 Å². The number of hydrogen-bond acceptors (Lipinski definition) is 6. The van der Waals surface area contributed by atoms with Gasteiger partial charge < -0.3 is 11.1 Å². The van der Waals surface area contributed by atoms with E-state index in [0.29, 0.717) is 17.1 Å². The minimum absolute atomic E-state index is 0.231. The van der Waals surface area contributed by atoms with E-state index in [2.05, 4.69) is 10.3 Å². The Bertz CT molecular complexity index is 777. The van der Waals surface area contributed by atoms with Crippen LogP contribution >= 0.6 is 0 Å². The Hall–Kier alpha value is -2.59. The number of anilines is 3. The summed E-state index contributed by atoms with van der Waals surface area (Å²) in [5.41, 5.74) is 7.01. The summed E-state index contributed by atoms with van der Waals surface area (Å²) in [6, 6.07) is 9.68. The fourth-order valence-electron chi connectivity index (χ4n) is 1.59. The van der Waals surface area contributed by atoms with Gasteiger partial charge in [0.25, 0.3) is 0 Å². The predicted octanol–water partition coefficient (Wildman–Crippen LogP) is 1.68. The molecule has 1 aromatic carbocycles. The molecular formula is C13H12N4O2S. The van der Waals surface area contributed by atoms with Gasteiger partial charge in [-0.15, -0.1) is 0 Å². The van der Waals surface area contributed by atoms with Crippen molar-refractivity contribution in [2.24, 2.45) is 0 Å². The smallest absolute Gasteiger partial charge is 0.175 e. The minimum atomic E-state index is -3.22. The summed E-state index contributed by atoms with van der Waals surface area (Å²) in [7, 11) is -3.22. The van der Waals surface area contributed by atoms with Gasteiger partial charge in [0.05, 0.1) is 16.1 Å². The Morgan fingerprint density at radius 3 is 2.45 bits per heavy atom. The van der Waals surface area contributed by atoms with Crippen LogP contribution in [0.5, 0.6) is 0 Å². The average molecular weight is 288 g/mol. The van der Waals surface area contributed by atoms with Crippen molar-refractivity contribution >= 4 is 27.0 Å². The van der Waals surface area contributed by atoms with Crippen molar-refractivity contribution in [1.29, 1.82) is 5.26 Å². The number of nitrogens with zero attached hydrogens (tertiary/aromatic N) is 2. The highest BCUT2D eigenvalue weighted by molar-refractivity contribution is 7.90. The number of hydrogen-bond donors (Lipinski definition) is 2. The molecule has 0 saturated heterocycles. The quantitative estimate of drug-likeness (QED) is 0.889. The zero-order valence-corrected chi connectivity index (χ0v) is 11.5. The van der Waals surface area contributed by atoms with Crippen molar-refractivity contribution in [3.05, 3.63) is 42.1 Å². The summed E-state index contributed by atoms with van der Waals surface area (Å²) in [5, 5.41) is 11.8. The van der Waals surface area contributed by atoms with Crippen LogP contribution in [0.3, 0.4) is 0 Å². The van der Waals surface area contributed by atoms with Gasteiger partial charge in [0.2, 0.25) is 0 Å². The summed E-state index contributed by atoms with van der Waals surface area (Å²) in [5.74, 6) is 0.358. The van der Waals surface area contributed by atoms with Crippen molar-refractivity contribution in [2.75, 3.05) is 17.3 Å². The maximum atomic E-state index is 11.4. The lowest BCUT2D eigenvalue weighted by atomic mass is 10.2. The Balaban J connectivity index is 2.30. The number of aromatic nitrogens is 1. The van der Waals surface area contributed by atoms with Gasteiger partial charge in [-0.25, -0.2) is 13.4 Å². The molecule has 1 aromatic heterocycles. The first-order chi connectivity index (χ1) is 9.41. The Morgan fingerprint density at radius 2 is 1.90 bits per heavy atom. The topological polar surface area (TPSA) is 109 Å². The summed E-state index contributed by atoms with van der Waals surface area (Å²) in [4.78, 5) is 4.28. The third-order valence-corrected chi connectivity index (χ3v) is 3.78. The van der Waals surface area contributed by atoms with Crippen LogP contribution in [-0.2, 0) is 9.84 Å². The molecule has 2 rings (SSSR count). The number of nitrogens with two attached hydrogens (primary N) is 1. The number of rotatable bonds is 3. The van der Waals surface area contributed by atoms with Crippen LogP contribution in [0.25, 0.3) is 0 Å². The molecule has 0 atom stereocenters. The van der Waals surface area contributed by atoms with Crippen molar-refractivity contribution < 1.29 is 8.42 Å². The summed E-state index contributed by atoms with van der Waals surface area (Å²) in [6.45, 7) is 0. The van der Waals surface area contributed by atoms with Gasteiger partial charge in [0.1, 0.15) is 6.07 Å². The maximum Gasteiger partial charge on any atom is 0.175 e. The van der Waals surface area contributed by atoms with E-state index in [1.807, 2.05) is 6.07 Å².